The van der Waals surface area contributed by atoms with Gasteiger partial charge in [-0.05, 0) is 18.6 Å². The lowest BCUT2D eigenvalue weighted by molar-refractivity contribution is -0.148. The zero-order chi connectivity index (χ0) is 14.4. The molecule has 1 aromatic heterocycles. The summed E-state index contributed by atoms with van der Waals surface area (Å²) >= 11 is 5.80. The topological polar surface area (TPSA) is 88.5 Å². The largest absolute Gasteiger partial charge is 0.479 e. The third-order valence-electron chi connectivity index (χ3n) is 2.48. The number of amides is 1. The standard InChI is InChI=1S/C12H15ClN2O4/c1-3-8-4-7(5-10(13)15-8)11(16)14-6-9(19-2)12(17)18/h4-5,9H,3,6H2,1-2H3,(H,14,16)(H,17,18). The number of methoxy groups -OCH3 is 1. The van der Waals surface area contributed by atoms with E-state index in [2.05, 4.69) is 10.3 Å². The lowest BCUT2D eigenvalue weighted by atomic mass is 10.2. The first kappa shape index (κ1) is 15.4. The van der Waals surface area contributed by atoms with Crippen LogP contribution in [0.5, 0.6) is 0 Å². The van der Waals surface area contributed by atoms with E-state index in [9.17, 15) is 9.59 Å². The monoisotopic (exact) mass is 286 g/mol. The van der Waals surface area contributed by atoms with E-state index in [4.69, 9.17) is 21.4 Å². The molecule has 0 saturated carbocycles. The third kappa shape index (κ3) is 4.50. The van der Waals surface area contributed by atoms with Crippen molar-refractivity contribution in [1.29, 1.82) is 0 Å². The molecular weight excluding hydrogens is 272 g/mol. The fourth-order valence-electron chi connectivity index (χ4n) is 1.42. The van der Waals surface area contributed by atoms with Crippen LogP contribution in [0.1, 0.15) is 23.0 Å². The van der Waals surface area contributed by atoms with Gasteiger partial charge in [-0.3, -0.25) is 4.79 Å². The van der Waals surface area contributed by atoms with Crippen molar-refractivity contribution in [3.8, 4) is 0 Å². The summed E-state index contributed by atoms with van der Waals surface area (Å²) in [5.41, 5.74) is 1.04. The van der Waals surface area contributed by atoms with Crippen LogP contribution in [0, 0.1) is 0 Å². The number of hydrogen-bond donors (Lipinski definition) is 2. The Morgan fingerprint density at radius 3 is 2.74 bits per heavy atom. The third-order valence-corrected chi connectivity index (χ3v) is 2.67. The fourth-order valence-corrected chi connectivity index (χ4v) is 1.65. The molecule has 104 valence electrons. The molecule has 1 rings (SSSR count). The van der Waals surface area contributed by atoms with Crippen LogP contribution in [0.15, 0.2) is 12.1 Å². The number of ether oxygens (including phenoxy) is 1. The first-order chi connectivity index (χ1) is 8.97. The summed E-state index contributed by atoms with van der Waals surface area (Å²) in [5, 5.41) is 11.5. The summed E-state index contributed by atoms with van der Waals surface area (Å²) in [4.78, 5) is 26.6. The van der Waals surface area contributed by atoms with Gasteiger partial charge in [0.1, 0.15) is 5.15 Å². The Morgan fingerprint density at radius 2 is 2.21 bits per heavy atom. The lowest BCUT2D eigenvalue weighted by Gasteiger charge is -2.12. The molecule has 0 bridgehead atoms. The van der Waals surface area contributed by atoms with Gasteiger partial charge in [0.05, 0.1) is 6.54 Å². The Bertz CT molecular complexity index is 479. The maximum atomic E-state index is 11.9. The Labute approximate surface area is 115 Å². The van der Waals surface area contributed by atoms with Crippen molar-refractivity contribution in [3.05, 3.63) is 28.5 Å². The number of carboxylic acid groups (broad SMARTS) is 1. The average Bonchev–Trinajstić information content (AvgIpc) is 2.37. The van der Waals surface area contributed by atoms with Crippen LogP contribution >= 0.6 is 11.6 Å². The molecule has 19 heavy (non-hydrogen) atoms. The summed E-state index contributed by atoms with van der Waals surface area (Å²) in [6.07, 6.45) is -0.427. The van der Waals surface area contributed by atoms with Gasteiger partial charge >= 0.3 is 5.97 Å². The summed E-state index contributed by atoms with van der Waals surface area (Å²) in [5.74, 6) is -1.55. The number of pyridine rings is 1. The molecule has 1 aromatic rings. The molecule has 0 aromatic carbocycles. The van der Waals surface area contributed by atoms with E-state index in [1.54, 1.807) is 6.07 Å². The summed E-state index contributed by atoms with van der Waals surface area (Å²) in [7, 11) is 1.27. The molecule has 1 atom stereocenters. The van der Waals surface area contributed by atoms with Crippen molar-refractivity contribution in [2.24, 2.45) is 0 Å². The molecule has 0 saturated heterocycles. The Hall–Kier alpha value is -1.66. The summed E-state index contributed by atoms with van der Waals surface area (Å²) in [6, 6.07) is 3.04. The van der Waals surface area contributed by atoms with E-state index in [0.29, 0.717) is 17.7 Å². The number of carbonyl (C=O) groups excluding carboxylic acids is 1. The van der Waals surface area contributed by atoms with Crippen LogP contribution in [0.3, 0.4) is 0 Å². The highest BCUT2D eigenvalue weighted by atomic mass is 35.5. The van der Waals surface area contributed by atoms with Crippen molar-refractivity contribution in [1.82, 2.24) is 10.3 Å². The van der Waals surface area contributed by atoms with E-state index >= 15 is 0 Å². The molecule has 0 radical (unpaired) electrons. The summed E-state index contributed by atoms with van der Waals surface area (Å²) in [6.45, 7) is 1.78. The first-order valence-electron chi connectivity index (χ1n) is 5.68. The van der Waals surface area contributed by atoms with Crippen LogP contribution in [0.2, 0.25) is 5.15 Å². The maximum Gasteiger partial charge on any atom is 0.334 e. The Balaban J connectivity index is 2.73. The number of nitrogens with one attached hydrogen (secondary N) is 1. The number of hydrogen-bond acceptors (Lipinski definition) is 4. The number of aryl methyl sites for hydroxylation is 1. The van der Waals surface area contributed by atoms with Crippen molar-refractivity contribution in [2.75, 3.05) is 13.7 Å². The van der Waals surface area contributed by atoms with Gasteiger partial charge in [-0.2, -0.15) is 0 Å². The highest BCUT2D eigenvalue weighted by Gasteiger charge is 2.18. The average molecular weight is 287 g/mol. The summed E-state index contributed by atoms with van der Waals surface area (Å²) < 4.78 is 4.71. The molecule has 6 nitrogen and oxygen atoms in total. The van der Waals surface area contributed by atoms with Gasteiger partial charge in [0.25, 0.3) is 5.91 Å². The number of halogens is 1. The molecular formula is C12H15ClN2O4. The molecule has 2 N–H and O–H groups in total. The smallest absolute Gasteiger partial charge is 0.334 e. The maximum absolute atomic E-state index is 11.9. The zero-order valence-corrected chi connectivity index (χ0v) is 11.4. The number of rotatable bonds is 6. The van der Waals surface area contributed by atoms with E-state index in [-0.39, 0.29) is 11.7 Å². The second-order valence-corrected chi connectivity index (χ2v) is 4.18. The van der Waals surface area contributed by atoms with E-state index < -0.39 is 18.0 Å². The van der Waals surface area contributed by atoms with Crippen LogP contribution in [0.4, 0.5) is 0 Å². The minimum atomic E-state index is -1.13. The molecule has 1 amide bonds. The van der Waals surface area contributed by atoms with Crippen LogP contribution in [-0.4, -0.2) is 41.7 Å². The van der Waals surface area contributed by atoms with Crippen LogP contribution in [0.25, 0.3) is 0 Å². The highest BCUT2D eigenvalue weighted by molar-refractivity contribution is 6.29. The Kier molecular flexibility index (Phi) is 5.72. The minimum absolute atomic E-state index is 0.119. The molecule has 0 aliphatic heterocycles. The van der Waals surface area contributed by atoms with Gasteiger partial charge in [-0.1, -0.05) is 18.5 Å². The molecule has 1 heterocycles. The Morgan fingerprint density at radius 1 is 1.53 bits per heavy atom. The molecule has 1 unspecified atom stereocenters. The van der Waals surface area contributed by atoms with Crippen LogP contribution < -0.4 is 5.32 Å². The molecule has 0 aliphatic rings. The van der Waals surface area contributed by atoms with Gasteiger partial charge in [-0.15, -0.1) is 0 Å². The van der Waals surface area contributed by atoms with E-state index in [1.807, 2.05) is 6.92 Å². The van der Waals surface area contributed by atoms with Crippen molar-refractivity contribution >= 4 is 23.5 Å². The van der Waals surface area contributed by atoms with Gasteiger partial charge in [0.2, 0.25) is 0 Å². The number of carboxylic acids is 1. The predicted molar refractivity (Wildman–Crippen MR) is 69.4 cm³/mol. The minimum Gasteiger partial charge on any atom is -0.479 e. The van der Waals surface area contributed by atoms with Crippen molar-refractivity contribution in [3.63, 3.8) is 0 Å². The number of nitrogens with zero attached hydrogens (tertiary/aromatic N) is 1. The number of aliphatic carboxylic acids is 1. The van der Waals surface area contributed by atoms with Gasteiger partial charge < -0.3 is 15.2 Å². The zero-order valence-electron chi connectivity index (χ0n) is 10.6. The van der Waals surface area contributed by atoms with Gasteiger partial charge in [0, 0.05) is 18.4 Å². The van der Waals surface area contributed by atoms with E-state index in [0.717, 1.165) is 0 Å². The highest BCUT2D eigenvalue weighted by Crippen LogP contribution is 2.11. The van der Waals surface area contributed by atoms with Gasteiger partial charge in [-0.25, -0.2) is 9.78 Å². The predicted octanol–water partition coefficient (Wildman–Crippen LogP) is 1.13. The quantitative estimate of drug-likeness (QED) is 0.765. The van der Waals surface area contributed by atoms with E-state index in [1.165, 1.54) is 13.2 Å². The second kappa shape index (κ2) is 7.06. The second-order valence-electron chi connectivity index (χ2n) is 3.80. The SMILES string of the molecule is CCc1cc(C(=O)NCC(OC)C(=O)O)cc(Cl)n1. The van der Waals surface area contributed by atoms with Gasteiger partial charge in [0.15, 0.2) is 6.10 Å². The lowest BCUT2D eigenvalue weighted by Crippen LogP contribution is -2.37. The molecule has 0 fully saturated rings. The van der Waals surface area contributed by atoms with Crippen molar-refractivity contribution in [2.45, 2.75) is 19.4 Å². The first-order valence-corrected chi connectivity index (χ1v) is 6.06. The van der Waals surface area contributed by atoms with Crippen molar-refractivity contribution < 1.29 is 19.4 Å². The molecule has 7 heteroatoms. The number of carbonyl (C=O) groups is 2. The molecule has 0 spiro atoms. The number of aromatic nitrogens is 1. The fraction of sp³-hybridized carbons (Fsp3) is 0.417. The van der Waals surface area contributed by atoms with Crippen LogP contribution in [-0.2, 0) is 16.0 Å². The molecule has 0 aliphatic carbocycles. The normalized spacial score (nSPS) is 11.9.